The summed E-state index contributed by atoms with van der Waals surface area (Å²) in [5.41, 5.74) is 3.72. The molecule has 2 aromatic heterocycles. The number of hydrogen-bond donors (Lipinski definition) is 1. The Bertz CT molecular complexity index is 516. The van der Waals surface area contributed by atoms with Gasteiger partial charge < -0.3 is 9.88 Å². The molecule has 0 aliphatic carbocycles. The summed E-state index contributed by atoms with van der Waals surface area (Å²) in [5, 5.41) is 3.51. The van der Waals surface area contributed by atoms with Crippen LogP contribution in [-0.4, -0.2) is 16.1 Å². The summed E-state index contributed by atoms with van der Waals surface area (Å²) in [4.78, 5) is 4.44. The molecule has 1 atom stereocenters. The molecular formula is C16H23N3. The Morgan fingerprint density at radius 1 is 1.37 bits per heavy atom. The van der Waals surface area contributed by atoms with E-state index < -0.39 is 0 Å². The topological polar surface area (TPSA) is 29.9 Å². The Morgan fingerprint density at radius 3 is 2.95 bits per heavy atom. The summed E-state index contributed by atoms with van der Waals surface area (Å²) in [6.45, 7) is 8.41. The molecule has 0 bridgehead atoms. The third kappa shape index (κ3) is 3.67. The normalized spacial score (nSPS) is 12.6. The molecule has 0 aromatic carbocycles. The average molecular weight is 257 g/mol. The molecule has 0 fully saturated rings. The van der Waals surface area contributed by atoms with Gasteiger partial charge in [0, 0.05) is 24.6 Å². The first kappa shape index (κ1) is 13.8. The number of aromatic nitrogens is 2. The zero-order valence-electron chi connectivity index (χ0n) is 12.1. The first-order valence-electron chi connectivity index (χ1n) is 7.00. The van der Waals surface area contributed by atoms with Crippen LogP contribution in [0.1, 0.15) is 43.1 Å². The molecule has 19 heavy (non-hydrogen) atoms. The molecule has 0 aliphatic rings. The lowest BCUT2D eigenvalue weighted by atomic mass is 10.2. The zero-order chi connectivity index (χ0) is 13.7. The van der Waals surface area contributed by atoms with Crippen LogP contribution in [0.4, 0.5) is 0 Å². The van der Waals surface area contributed by atoms with Crippen molar-refractivity contribution in [1.29, 1.82) is 0 Å². The standard InChI is InChI=1S/C16H23N3/c1-4-8-17-14(3)15-7-10-19(11-15)12-16-13(2)6-5-9-18-16/h5-7,9-11,14,17H,4,8,12H2,1-3H3. The second-order valence-electron chi connectivity index (χ2n) is 5.06. The summed E-state index contributed by atoms with van der Waals surface area (Å²) in [6, 6.07) is 6.69. The van der Waals surface area contributed by atoms with E-state index >= 15 is 0 Å². The number of aryl methyl sites for hydroxylation is 1. The van der Waals surface area contributed by atoms with Crippen LogP contribution in [0.5, 0.6) is 0 Å². The quantitative estimate of drug-likeness (QED) is 0.860. The monoisotopic (exact) mass is 257 g/mol. The first-order chi connectivity index (χ1) is 9.20. The van der Waals surface area contributed by atoms with Gasteiger partial charge in [-0.15, -0.1) is 0 Å². The van der Waals surface area contributed by atoms with Crippen molar-refractivity contribution >= 4 is 0 Å². The van der Waals surface area contributed by atoms with Crippen molar-refractivity contribution in [3.63, 3.8) is 0 Å². The number of hydrogen-bond acceptors (Lipinski definition) is 2. The lowest BCUT2D eigenvalue weighted by Gasteiger charge is -2.11. The van der Waals surface area contributed by atoms with Crippen molar-refractivity contribution in [1.82, 2.24) is 14.9 Å². The lowest BCUT2D eigenvalue weighted by Crippen LogP contribution is -2.18. The Balaban J connectivity index is 2.03. The zero-order valence-corrected chi connectivity index (χ0v) is 12.1. The summed E-state index contributed by atoms with van der Waals surface area (Å²) in [6.07, 6.45) is 7.37. The van der Waals surface area contributed by atoms with E-state index in [1.165, 1.54) is 11.1 Å². The molecule has 0 saturated carbocycles. The predicted octanol–water partition coefficient (Wildman–Crippen LogP) is 3.30. The van der Waals surface area contributed by atoms with E-state index in [0.29, 0.717) is 6.04 Å². The summed E-state index contributed by atoms with van der Waals surface area (Å²) < 4.78 is 2.20. The molecule has 0 saturated heterocycles. The van der Waals surface area contributed by atoms with Crippen molar-refractivity contribution in [3.05, 3.63) is 53.6 Å². The predicted molar refractivity (Wildman–Crippen MR) is 79.2 cm³/mol. The minimum Gasteiger partial charge on any atom is -0.348 e. The fourth-order valence-electron chi connectivity index (χ4n) is 2.15. The smallest absolute Gasteiger partial charge is 0.0645 e. The fraction of sp³-hybridized carbons (Fsp3) is 0.438. The van der Waals surface area contributed by atoms with Crippen LogP contribution in [0.25, 0.3) is 0 Å². The van der Waals surface area contributed by atoms with E-state index in [1.54, 1.807) is 0 Å². The number of pyridine rings is 1. The van der Waals surface area contributed by atoms with Crippen molar-refractivity contribution in [2.45, 2.75) is 39.8 Å². The van der Waals surface area contributed by atoms with Gasteiger partial charge in [-0.25, -0.2) is 0 Å². The van der Waals surface area contributed by atoms with Gasteiger partial charge in [-0.2, -0.15) is 0 Å². The van der Waals surface area contributed by atoms with Gasteiger partial charge in [-0.1, -0.05) is 13.0 Å². The number of nitrogens with zero attached hydrogens (tertiary/aromatic N) is 2. The maximum absolute atomic E-state index is 4.44. The van der Waals surface area contributed by atoms with E-state index in [4.69, 9.17) is 0 Å². The highest BCUT2D eigenvalue weighted by atomic mass is 15.0. The Labute approximate surface area is 115 Å². The van der Waals surface area contributed by atoms with Crippen LogP contribution < -0.4 is 5.32 Å². The van der Waals surface area contributed by atoms with Crippen LogP contribution in [0.15, 0.2) is 36.8 Å². The van der Waals surface area contributed by atoms with Gasteiger partial charge in [0.05, 0.1) is 12.2 Å². The number of nitrogens with one attached hydrogen (secondary N) is 1. The van der Waals surface area contributed by atoms with Gasteiger partial charge in [0.25, 0.3) is 0 Å². The average Bonchev–Trinajstić information content (AvgIpc) is 2.87. The molecule has 0 spiro atoms. The first-order valence-corrected chi connectivity index (χ1v) is 7.00. The van der Waals surface area contributed by atoms with Crippen molar-refractivity contribution in [3.8, 4) is 0 Å². The largest absolute Gasteiger partial charge is 0.348 e. The van der Waals surface area contributed by atoms with Crippen molar-refractivity contribution < 1.29 is 0 Å². The van der Waals surface area contributed by atoms with Crippen molar-refractivity contribution in [2.75, 3.05) is 6.54 Å². The molecule has 2 heterocycles. The van der Waals surface area contributed by atoms with Crippen LogP contribution in [-0.2, 0) is 6.54 Å². The van der Waals surface area contributed by atoms with E-state index in [-0.39, 0.29) is 0 Å². The Morgan fingerprint density at radius 2 is 2.21 bits per heavy atom. The third-order valence-corrected chi connectivity index (χ3v) is 3.42. The van der Waals surface area contributed by atoms with Gasteiger partial charge >= 0.3 is 0 Å². The molecule has 102 valence electrons. The molecule has 2 aromatic rings. The van der Waals surface area contributed by atoms with Crippen LogP contribution in [0, 0.1) is 6.92 Å². The van der Waals surface area contributed by atoms with Gasteiger partial charge in [0.15, 0.2) is 0 Å². The highest BCUT2D eigenvalue weighted by Gasteiger charge is 2.07. The summed E-state index contributed by atoms with van der Waals surface area (Å²) >= 11 is 0. The van der Waals surface area contributed by atoms with Gasteiger partial charge in [-0.05, 0) is 50.1 Å². The van der Waals surface area contributed by atoms with E-state index in [1.807, 2.05) is 12.3 Å². The summed E-state index contributed by atoms with van der Waals surface area (Å²) in [7, 11) is 0. The maximum Gasteiger partial charge on any atom is 0.0645 e. The second kappa shape index (κ2) is 6.53. The van der Waals surface area contributed by atoms with E-state index in [2.05, 4.69) is 60.2 Å². The third-order valence-electron chi connectivity index (χ3n) is 3.42. The fourth-order valence-corrected chi connectivity index (χ4v) is 2.15. The molecular weight excluding hydrogens is 234 g/mol. The van der Waals surface area contributed by atoms with Crippen LogP contribution in [0.2, 0.25) is 0 Å². The molecule has 0 radical (unpaired) electrons. The van der Waals surface area contributed by atoms with E-state index in [0.717, 1.165) is 25.2 Å². The van der Waals surface area contributed by atoms with E-state index in [9.17, 15) is 0 Å². The lowest BCUT2D eigenvalue weighted by molar-refractivity contribution is 0.569. The maximum atomic E-state index is 4.44. The molecule has 3 nitrogen and oxygen atoms in total. The molecule has 1 N–H and O–H groups in total. The Hall–Kier alpha value is -1.61. The Kier molecular flexibility index (Phi) is 4.74. The second-order valence-corrected chi connectivity index (χ2v) is 5.06. The molecule has 2 rings (SSSR count). The minimum absolute atomic E-state index is 0.408. The highest BCUT2D eigenvalue weighted by molar-refractivity contribution is 5.20. The SMILES string of the molecule is CCCNC(C)c1ccn(Cc2ncccc2C)c1. The summed E-state index contributed by atoms with van der Waals surface area (Å²) in [5.74, 6) is 0. The molecule has 0 aliphatic heterocycles. The van der Waals surface area contributed by atoms with Gasteiger partial charge in [0.1, 0.15) is 0 Å². The molecule has 1 unspecified atom stereocenters. The highest BCUT2D eigenvalue weighted by Crippen LogP contribution is 2.14. The number of rotatable bonds is 6. The molecule has 3 heteroatoms. The van der Waals surface area contributed by atoms with Gasteiger partial charge in [0.2, 0.25) is 0 Å². The van der Waals surface area contributed by atoms with Crippen LogP contribution in [0.3, 0.4) is 0 Å². The minimum atomic E-state index is 0.408. The van der Waals surface area contributed by atoms with Crippen LogP contribution >= 0.6 is 0 Å². The van der Waals surface area contributed by atoms with Crippen molar-refractivity contribution in [2.24, 2.45) is 0 Å². The van der Waals surface area contributed by atoms with Gasteiger partial charge in [-0.3, -0.25) is 4.98 Å². The molecule has 0 amide bonds.